The number of hydrogen-bond donors (Lipinski definition) is 1. The number of fused-ring (bicyclic) bond motifs is 1. The fourth-order valence-electron chi connectivity index (χ4n) is 2.09. The number of aliphatic hydroxyl groups is 1. The van der Waals surface area contributed by atoms with Crippen molar-refractivity contribution in [3.63, 3.8) is 0 Å². The lowest BCUT2D eigenvalue weighted by molar-refractivity contribution is -0.384. The minimum absolute atomic E-state index is 0.0187. The van der Waals surface area contributed by atoms with Gasteiger partial charge in [-0.05, 0) is 6.07 Å². The summed E-state index contributed by atoms with van der Waals surface area (Å²) in [5.41, 5.74) is 0.666. The topological polar surface area (TPSA) is 112 Å². The Bertz CT molecular complexity index is 766. The SMILES string of the molecule is O=[N+]([O-])c1ccc2nn(CC(O)Cn3cncn3)cc2c1. The molecule has 1 atom stereocenters. The van der Waals surface area contributed by atoms with Crippen LogP contribution in [0.25, 0.3) is 10.9 Å². The van der Waals surface area contributed by atoms with Gasteiger partial charge in [-0.2, -0.15) is 10.2 Å². The third-order valence-electron chi connectivity index (χ3n) is 3.01. The maximum atomic E-state index is 10.7. The monoisotopic (exact) mass is 288 g/mol. The van der Waals surface area contributed by atoms with Crippen molar-refractivity contribution in [2.24, 2.45) is 0 Å². The predicted molar refractivity (Wildman–Crippen MR) is 72.4 cm³/mol. The minimum atomic E-state index is -0.684. The number of nitrogens with zero attached hydrogens (tertiary/aromatic N) is 6. The Labute approximate surface area is 118 Å². The van der Waals surface area contributed by atoms with Gasteiger partial charge in [-0.3, -0.25) is 19.5 Å². The van der Waals surface area contributed by atoms with Gasteiger partial charge in [0, 0.05) is 23.7 Å². The first-order valence-electron chi connectivity index (χ1n) is 6.24. The summed E-state index contributed by atoms with van der Waals surface area (Å²) in [5.74, 6) is 0. The van der Waals surface area contributed by atoms with E-state index < -0.39 is 11.0 Å². The lowest BCUT2D eigenvalue weighted by atomic mass is 10.2. The molecule has 0 aliphatic rings. The molecule has 0 amide bonds. The summed E-state index contributed by atoms with van der Waals surface area (Å²) in [6.45, 7) is 0.568. The molecular formula is C12H12N6O3. The van der Waals surface area contributed by atoms with E-state index in [1.807, 2.05) is 0 Å². The number of benzene rings is 1. The van der Waals surface area contributed by atoms with Gasteiger partial charge in [-0.15, -0.1) is 0 Å². The molecule has 21 heavy (non-hydrogen) atoms. The van der Waals surface area contributed by atoms with E-state index in [9.17, 15) is 15.2 Å². The molecule has 9 nitrogen and oxygen atoms in total. The first-order chi connectivity index (χ1) is 10.1. The first kappa shape index (κ1) is 13.2. The van der Waals surface area contributed by atoms with Crippen LogP contribution in [0.1, 0.15) is 0 Å². The van der Waals surface area contributed by atoms with Crippen LogP contribution in [0.4, 0.5) is 5.69 Å². The van der Waals surface area contributed by atoms with Crippen molar-refractivity contribution in [3.8, 4) is 0 Å². The zero-order valence-electron chi connectivity index (χ0n) is 10.9. The van der Waals surface area contributed by atoms with Crippen LogP contribution in [-0.2, 0) is 13.1 Å². The smallest absolute Gasteiger partial charge is 0.270 e. The van der Waals surface area contributed by atoms with Crippen molar-refractivity contribution in [3.05, 3.63) is 47.2 Å². The van der Waals surface area contributed by atoms with E-state index in [1.54, 1.807) is 16.9 Å². The largest absolute Gasteiger partial charge is 0.389 e. The fraction of sp³-hybridized carbons (Fsp3) is 0.250. The van der Waals surface area contributed by atoms with Crippen LogP contribution >= 0.6 is 0 Å². The highest BCUT2D eigenvalue weighted by Gasteiger charge is 2.11. The minimum Gasteiger partial charge on any atom is -0.389 e. The molecule has 0 aliphatic heterocycles. The van der Waals surface area contributed by atoms with Crippen LogP contribution in [0.5, 0.6) is 0 Å². The third-order valence-corrected chi connectivity index (χ3v) is 3.01. The molecule has 0 saturated carbocycles. The molecule has 0 spiro atoms. The average molecular weight is 288 g/mol. The van der Waals surface area contributed by atoms with Gasteiger partial charge in [-0.25, -0.2) is 4.98 Å². The van der Waals surface area contributed by atoms with Gasteiger partial charge in [0.2, 0.25) is 0 Å². The number of non-ortho nitro benzene ring substituents is 1. The van der Waals surface area contributed by atoms with E-state index in [0.717, 1.165) is 0 Å². The second-order valence-corrected chi connectivity index (χ2v) is 4.62. The molecule has 0 fully saturated rings. The number of rotatable bonds is 5. The van der Waals surface area contributed by atoms with Crippen molar-refractivity contribution in [2.75, 3.05) is 0 Å². The molecule has 9 heteroatoms. The fourth-order valence-corrected chi connectivity index (χ4v) is 2.09. The van der Waals surface area contributed by atoms with E-state index >= 15 is 0 Å². The normalized spacial score (nSPS) is 12.6. The summed E-state index contributed by atoms with van der Waals surface area (Å²) < 4.78 is 3.09. The van der Waals surface area contributed by atoms with Crippen LogP contribution in [0.3, 0.4) is 0 Å². The van der Waals surface area contributed by atoms with E-state index in [0.29, 0.717) is 17.4 Å². The molecule has 2 aromatic heterocycles. The Kier molecular flexibility index (Phi) is 3.32. The van der Waals surface area contributed by atoms with Gasteiger partial charge in [0.25, 0.3) is 5.69 Å². The van der Waals surface area contributed by atoms with Gasteiger partial charge in [0.1, 0.15) is 12.7 Å². The van der Waals surface area contributed by atoms with Crippen molar-refractivity contribution in [2.45, 2.75) is 19.2 Å². The zero-order chi connectivity index (χ0) is 14.8. The van der Waals surface area contributed by atoms with E-state index in [1.165, 1.54) is 29.5 Å². The second-order valence-electron chi connectivity index (χ2n) is 4.62. The van der Waals surface area contributed by atoms with Crippen LogP contribution in [0, 0.1) is 10.1 Å². The molecule has 0 bridgehead atoms. The van der Waals surface area contributed by atoms with Crippen molar-refractivity contribution >= 4 is 16.6 Å². The van der Waals surface area contributed by atoms with Gasteiger partial charge in [0.15, 0.2) is 0 Å². The highest BCUT2D eigenvalue weighted by molar-refractivity contribution is 5.80. The molecule has 0 radical (unpaired) electrons. The summed E-state index contributed by atoms with van der Waals surface area (Å²) in [6, 6.07) is 4.46. The first-order valence-corrected chi connectivity index (χ1v) is 6.24. The Morgan fingerprint density at radius 1 is 1.33 bits per heavy atom. The average Bonchev–Trinajstić information content (AvgIpc) is 3.05. The molecule has 0 aliphatic carbocycles. The summed E-state index contributed by atoms with van der Waals surface area (Å²) in [4.78, 5) is 14.1. The number of aliphatic hydroxyl groups excluding tert-OH is 1. The molecular weight excluding hydrogens is 276 g/mol. The molecule has 108 valence electrons. The molecule has 1 aromatic carbocycles. The summed E-state index contributed by atoms with van der Waals surface area (Å²) in [7, 11) is 0. The van der Waals surface area contributed by atoms with Crippen LogP contribution in [0.15, 0.2) is 37.1 Å². The van der Waals surface area contributed by atoms with E-state index in [-0.39, 0.29) is 12.2 Å². The van der Waals surface area contributed by atoms with Gasteiger partial charge < -0.3 is 5.11 Å². The number of aromatic nitrogens is 5. The lowest BCUT2D eigenvalue weighted by Gasteiger charge is -2.09. The lowest BCUT2D eigenvalue weighted by Crippen LogP contribution is -2.22. The molecule has 3 rings (SSSR count). The summed E-state index contributed by atoms with van der Waals surface area (Å²) >= 11 is 0. The second kappa shape index (κ2) is 5.29. The maximum absolute atomic E-state index is 10.7. The number of hydrogen-bond acceptors (Lipinski definition) is 6. The maximum Gasteiger partial charge on any atom is 0.270 e. The third kappa shape index (κ3) is 2.87. The number of nitro groups is 1. The van der Waals surface area contributed by atoms with Crippen LogP contribution in [0.2, 0.25) is 0 Å². The van der Waals surface area contributed by atoms with Crippen LogP contribution in [-0.4, -0.2) is 40.7 Å². The quantitative estimate of drug-likeness (QED) is 0.543. The van der Waals surface area contributed by atoms with Crippen LogP contribution < -0.4 is 0 Å². The van der Waals surface area contributed by atoms with Crippen molar-refractivity contribution < 1.29 is 10.0 Å². The van der Waals surface area contributed by atoms with Gasteiger partial charge >= 0.3 is 0 Å². The molecule has 1 N–H and O–H groups in total. The molecule has 2 heterocycles. The molecule has 1 unspecified atom stereocenters. The van der Waals surface area contributed by atoms with Crippen molar-refractivity contribution in [1.29, 1.82) is 0 Å². The Morgan fingerprint density at radius 2 is 2.14 bits per heavy atom. The Balaban J connectivity index is 1.76. The standard InChI is InChI=1S/C12H12N6O3/c19-11(6-17-8-13-7-14-17)5-16-4-9-3-10(18(20)21)1-2-12(9)15-16/h1-4,7-8,11,19H,5-6H2. The zero-order valence-corrected chi connectivity index (χ0v) is 10.9. The highest BCUT2D eigenvalue weighted by atomic mass is 16.6. The number of nitro benzene ring substituents is 1. The summed E-state index contributed by atoms with van der Waals surface area (Å²) in [6.07, 6.45) is 3.91. The van der Waals surface area contributed by atoms with Gasteiger partial charge in [0.05, 0.1) is 29.6 Å². The molecule has 0 saturated heterocycles. The van der Waals surface area contributed by atoms with Gasteiger partial charge in [-0.1, -0.05) is 0 Å². The van der Waals surface area contributed by atoms with E-state index in [4.69, 9.17) is 0 Å². The highest BCUT2D eigenvalue weighted by Crippen LogP contribution is 2.19. The Morgan fingerprint density at radius 3 is 2.86 bits per heavy atom. The Hall–Kier alpha value is -2.81. The molecule has 3 aromatic rings. The summed E-state index contributed by atoms with van der Waals surface area (Å²) in [5, 5.41) is 29.6. The van der Waals surface area contributed by atoms with E-state index in [2.05, 4.69) is 15.2 Å². The predicted octanol–water partition coefficient (Wildman–Crippen LogP) is 0.597. The van der Waals surface area contributed by atoms with Crippen molar-refractivity contribution in [1.82, 2.24) is 24.5 Å².